The predicted octanol–water partition coefficient (Wildman–Crippen LogP) is 5.21. The molecule has 1 amide bonds. The van der Waals surface area contributed by atoms with Crippen LogP contribution in [-0.2, 0) is 13.2 Å². The molecule has 1 N–H and O–H groups in total. The van der Waals surface area contributed by atoms with Crippen molar-refractivity contribution in [2.75, 3.05) is 5.32 Å². The number of aromatic nitrogens is 2. The topological polar surface area (TPSA) is 86.4 Å². The van der Waals surface area contributed by atoms with E-state index in [9.17, 15) is 9.59 Å². The number of nitrogens with zero attached hydrogens (tertiary/aromatic N) is 2. The molecule has 0 aliphatic rings. The van der Waals surface area contributed by atoms with Crippen LogP contribution in [0.5, 0.6) is 5.75 Å². The Hall–Kier alpha value is -3.84. The number of rotatable bonds is 8. The zero-order valence-corrected chi connectivity index (χ0v) is 18.0. The molecule has 0 saturated carbocycles. The number of furan rings is 1. The second-order valence-electron chi connectivity index (χ2n) is 7.15. The molecule has 4 aromatic rings. The molecule has 0 unspecified atom stereocenters. The molecule has 7 nitrogen and oxygen atoms in total. The molecule has 0 atom stereocenters. The Morgan fingerprint density at radius 1 is 1.12 bits per heavy atom. The summed E-state index contributed by atoms with van der Waals surface area (Å²) >= 11 is 5.90. The lowest BCUT2D eigenvalue weighted by molar-refractivity contribution is 0.0990. The summed E-state index contributed by atoms with van der Waals surface area (Å²) in [5.74, 6) is 0.929. The van der Waals surface area contributed by atoms with E-state index in [0.717, 1.165) is 5.56 Å². The number of carbonyl (C=O) groups excluding carboxylic acids is 2. The number of benzene rings is 2. The lowest BCUT2D eigenvalue weighted by atomic mass is 10.1. The van der Waals surface area contributed by atoms with Crippen molar-refractivity contribution in [2.24, 2.45) is 0 Å². The predicted molar refractivity (Wildman–Crippen MR) is 120 cm³/mol. The maximum absolute atomic E-state index is 12.6. The van der Waals surface area contributed by atoms with Gasteiger partial charge in [0.25, 0.3) is 5.91 Å². The molecular formula is C24H20ClN3O4. The molecule has 0 saturated heterocycles. The van der Waals surface area contributed by atoms with Crippen molar-refractivity contribution in [1.29, 1.82) is 0 Å². The number of Topliss-reactive ketones (excluding diaryl/α,β-unsaturated/α-hetero) is 1. The molecule has 0 aliphatic heterocycles. The first kappa shape index (κ1) is 21.4. The standard InChI is InChI=1S/C24H20ClN3O4/c1-16(29)18-5-7-21(8-6-18)31-15-22-9-10-23(32-22)24(30)27-20-4-2-3-17(11-20)13-28-14-19(25)12-26-28/h2-12,14H,13,15H2,1H3,(H,27,30). The fourth-order valence-corrected chi connectivity index (χ4v) is 3.23. The lowest BCUT2D eigenvalue weighted by Gasteiger charge is -2.07. The van der Waals surface area contributed by atoms with Crippen molar-refractivity contribution in [2.45, 2.75) is 20.1 Å². The van der Waals surface area contributed by atoms with Crippen LogP contribution in [0.25, 0.3) is 0 Å². The monoisotopic (exact) mass is 449 g/mol. The number of amides is 1. The fraction of sp³-hybridized carbons (Fsp3) is 0.125. The first-order valence-electron chi connectivity index (χ1n) is 9.87. The summed E-state index contributed by atoms with van der Waals surface area (Å²) in [7, 11) is 0. The summed E-state index contributed by atoms with van der Waals surface area (Å²) in [4.78, 5) is 23.9. The van der Waals surface area contributed by atoms with Gasteiger partial charge in [-0.2, -0.15) is 5.10 Å². The van der Waals surface area contributed by atoms with Crippen LogP contribution in [0.1, 0.15) is 39.2 Å². The van der Waals surface area contributed by atoms with Gasteiger partial charge in [0.05, 0.1) is 17.8 Å². The van der Waals surface area contributed by atoms with Gasteiger partial charge in [0.1, 0.15) is 18.1 Å². The zero-order chi connectivity index (χ0) is 22.5. The van der Waals surface area contributed by atoms with E-state index in [-0.39, 0.29) is 24.1 Å². The van der Waals surface area contributed by atoms with Crippen molar-refractivity contribution < 1.29 is 18.7 Å². The average Bonchev–Trinajstić information content (AvgIpc) is 3.42. The van der Waals surface area contributed by atoms with Crippen molar-refractivity contribution in [3.8, 4) is 5.75 Å². The van der Waals surface area contributed by atoms with E-state index in [0.29, 0.717) is 34.3 Å². The summed E-state index contributed by atoms with van der Waals surface area (Å²) in [5, 5.41) is 7.56. The van der Waals surface area contributed by atoms with Gasteiger partial charge in [-0.25, -0.2) is 0 Å². The third-order valence-electron chi connectivity index (χ3n) is 4.66. The minimum Gasteiger partial charge on any atom is -0.486 e. The first-order chi connectivity index (χ1) is 15.5. The van der Waals surface area contributed by atoms with Gasteiger partial charge in [-0.05, 0) is 61.0 Å². The molecule has 32 heavy (non-hydrogen) atoms. The quantitative estimate of drug-likeness (QED) is 0.373. The minimum absolute atomic E-state index is 0.00504. The highest BCUT2D eigenvalue weighted by Crippen LogP contribution is 2.18. The SMILES string of the molecule is CC(=O)c1ccc(OCc2ccc(C(=O)Nc3cccc(Cn4cc(Cl)cn4)c3)o2)cc1. The highest BCUT2D eigenvalue weighted by Gasteiger charge is 2.12. The Morgan fingerprint density at radius 2 is 1.94 bits per heavy atom. The number of nitrogens with one attached hydrogen (secondary N) is 1. The summed E-state index contributed by atoms with van der Waals surface area (Å²) in [5.41, 5.74) is 2.23. The fourth-order valence-electron chi connectivity index (χ4n) is 3.07. The molecule has 162 valence electrons. The molecule has 0 aliphatic carbocycles. The number of anilines is 1. The lowest BCUT2D eigenvalue weighted by Crippen LogP contribution is -2.11. The van der Waals surface area contributed by atoms with Gasteiger partial charge in [0.2, 0.25) is 0 Å². The number of ether oxygens (including phenoxy) is 1. The maximum atomic E-state index is 12.6. The molecule has 4 rings (SSSR count). The van der Waals surface area contributed by atoms with E-state index in [1.807, 2.05) is 18.2 Å². The Morgan fingerprint density at radius 3 is 2.66 bits per heavy atom. The molecule has 2 aromatic heterocycles. The largest absolute Gasteiger partial charge is 0.486 e. The van der Waals surface area contributed by atoms with Gasteiger partial charge in [-0.1, -0.05) is 23.7 Å². The maximum Gasteiger partial charge on any atom is 0.291 e. The Kier molecular flexibility index (Phi) is 6.37. The molecule has 2 heterocycles. The van der Waals surface area contributed by atoms with Gasteiger partial charge in [0.15, 0.2) is 11.5 Å². The van der Waals surface area contributed by atoms with Crippen LogP contribution in [0.2, 0.25) is 5.02 Å². The Bertz CT molecular complexity index is 1240. The molecule has 0 radical (unpaired) electrons. The van der Waals surface area contributed by atoms with E-state index >= 15 is 0 Å². The van der Waals surface area contributed by atoms with E-state index in [2.05, 4.69) is 10.4 Å². The van der Waals surface area contributed by atoms with Gasteiger partial charge in [-0.3, -0.25) is 14.3 Å². The van der Waals surface area contributed by atoms with E-state index in [1.165, 1.54) is 6.92 Å². The normalized spacial score (nSPS) is 10.7. The number of ketones is 1. The molecule has 0 spiro atoms. The second kappa shape index (κ2) is 9.53. The van der Waals surface area contributed by atoms with Gasteiger partial charge >= 0.3 is 0 Å². The summed E-state index contributed by atoms with van der Waals surface area (Å²) in [6.07, 6.45) is 3.31. The highest BCUT2D eigenvalue weighted by atomic mass is 35.5. The molecular weight excluding hydrogens is 430 g/mol. The molecule has 0 bridgehead atoms. The average molecular weight is 450 g/mol. The number of halogens is 1. The van der Waals surface area contributed by atoms with Gasteiger partial charge < -0.3 is 14.5 Å². The first-order valence-corrected chi connectivity index (χ1v) is 10.2. The van der Waals surface area contributed by atoms with Crippen LogP contribution in [0.15, 0.2) is 77.5 Å². The van der Waals surface area contributed by atoms with Crippen molar-refractivity contribution >= 4 is 29.0 Å². The second-order valence-corrected chi connectivity index (χ2v) is 7.58. The van der Waals surface area contributed by atoms with Crippen molar-refractivity contribution in [1.82, 2.24) is 9.78 Å². The minimum atomic E-state index is -0.360. The molecule has 2 aromatic carbocycles. The van der Waals surface area contributed by atoms with Crippen molar-refractivity contribution in [3.05, 3.63) is 101 Å². The molecule has 0 fully saturated rings. The van der Waals surface area contributed by atoms with Crippen molar-refractivity contribution in [3.63, 3.8) is 0 Å². The smallest absolute Gasteiger partial charge is 0.291 e. The van der Waals surface area contributed by atoms with Crippen LogP contribution in [0, 0.1) is 0 Å². The van der Waals surface area contributed by atoms with Crippen LogP contribution in [0.4, 0.5) is 5.69 Å². The highest BCUT2D eigenvalue weighted by molar-refractivity contribution is 6.30. The molecule has 8 heteroatoms. The third-order valence-corrected chi connectivity index (χ3v) is 4.85. The third kappa shape index (κ3) is 5.44. The Balaban J connectivity index is 1.34. The number of carbonyl (C=O) groups is 2. The van der Waals surface area contributed by atoms with Crippen LogP contribution in [0.3, 0.4) is 0 Å². The van der Waals surface area contributed by atoms with Crippen LogP contribution < -0.4 is 10.1 Å². The Labute approximate surface area is 189 Å². The summed E-state index contributed by atoms with van der Waals surface area (Å²) < 4.78 is 13.0. The van der Waals surface area contributed by atoms with Gasteiger partial charge in [0, 0.05) is 17.4 Å². The zero-order valence-electron chi connectivity index (χ0n) is 17.2. The summed E-state index contributed by atoms with van der Waals surface area (Å²) in [6, 6.07) is 17.6. The van der Waals surface area contributed by atoms with Crippen LogP contribution in [-0.4, -0.2) is 21.5 Å². The van der Waals surface area contributed by atoms with E-state index in [1.54, 1.807) is 59.5 Å². The van der Waals surface area contributed by atoms with Crippen LogP contribution >= 0.6 is 11.6 Å². The van der Waals surface area contributed by atoms with Gasteiger partial charge in [-0.15, -0.1) is 0 Å². The number of hydrogen-bond donors (Lipinski definition) is 1. The summed E-state index contributed by atoms with van der Waals surface area (Å²) in [6.45, 7) is 2.21. The van der Waals surface area contributed by atoms with E-state index < -0.39 is 0 Å². The van der Waals surface area contributed by atoms with E-state index in [4.69, 9.17) is 20.8 Å². The number of hydrogen-bond acceptors (Lipinski definition) is 5.